The summed E-state index contributed by atoms with van der Waals surface area (Å²) in [4.78, 5) is 12.4. The monoisotopic (exact) mass is 422 g/mol. The van der Waals surface area contributed by atoms with Gasteiger partial charge in [0.25, 0.3) is 0 Å². The smallest absolute Gasteiger partial charge is 0.232 e. The number of hydrogen-bond donors (Lipinski definition) is 1. The van der Waals surface area contributed by atoms with Gasteiger partial charge >= 0.3 is 0 Å². The first kappa shape index (κ1) is 22.2. The first-order chi connectivity index (χ1) is 13.2. The molecule has 5 nitrogen and oxygen atoms in total. The minimum absolute atomic E-state index is 0.0459. The fourth-order valence-corrected chi connectivity index (χ4v) is 4.05. The molecule has 0 fully saturated rings. The summed E-state index contributed by atoms with van der Waals surface area (Å²) in [5, 5.41) is 3.58. The molecule has 0 unspecified atom stereocenters. The molecule has 1 atom stereocenters. The van der Waals surface area contributed by atoms with Gasteiger partial charge in [-0.1, -0.05) is 48.4 Å². The number of rotatable bonds is 9. The largest absolute Gasteiger partial charge is 0.349 e. The topological polar surface area (TPSA) is 66.5 Å². The minimum atomic E-state index is -3.45. The number of nitrogens with one attached hydrogen (secondary N) is 1. The van der Waals surface area contributed by atoms with Crippen molar-refractivity contribution in [1.82, 2.24) is 5.32 Å². The average Bonchev–Trinajstić information content (AvgIpc) is 2.64. The molecule has 0 bridgehead atoms. The van der Waals surface area contributed by atoms with Crippen LogP contribution < -0.4 is 9.62 Å². The number of sulfonamides is 1. The maximum Gasteiger partial charge on any atom is 0.232 e. The lowest BCUT2D eigenvalue weighted by Crippen LogP contribution is -2.33. The third-order valence-corrected chi connectivity index (χ3v) is 5.95. The van der Waals surface area contributed by atoms with E-state index in [2.05, 4.69) is 5.32 Å². The first-order valence-electron chi connectivity index (χ1n) is 9.30. The lowest BCUT2D eigenvalue weighted by Gasteiger charge is -2.23. The molecule has 152 valence electrons. The Kier molecular flexibility index (Phi) is 7.89. The molecule has 2 rings (SSSR count). The number of carbonyl (C=O) groups excluding carboxylic acids is 1. The van der Waals surface area contributed by atoms with Gasteiger partial charge in [-0.2, -0.15) is 0 Å². The van der Waals surface area contributed by atoms with Crippen molar-refractivity contribution >= 4 is 33.2 Å². The second-order valence-corrected chi connectivity index (χ2v) is 9.20. The molecule has 28 heavy (non-hydrogen) atoms. The van der Waals surface area contributed by atoms with Gasteiger partial charge in [-0.15, -0.1) is 0 Å². The van der Waals surface area contributed by atoms with E-state index in [1.165, 1.54) is 9.87 Å². The molecule has 0 spiro atoms. The van der Waals surface area contributed by atoms with Crippen molar-refractivity contribution in [3.05, 3.63) is 64.7 Å². The molecule has 2 aromatic rings. The minimum Gasteiger partial charge on any atom is -0.349 e. The Morgan fingerprint density at radius 2 is 1.71 bits per heavy atom. The van der Waals surface area contributed by atoms with Crippen LogP contribution in [0, 0.1) is 6.92 Å². The molecular formula is C21H27ClN2O3S. The molecule has 0 radical (unpaired) electrons. The molecule has 0 aliphatic heterocycles. The van der Waals surface area contributed by atoms with E-state index in [1.807, 2.05) is 38.1 Å². The molecule has 2 aromatic carbocycles. The summed E-state index contributed by atoms with van der Waals surface area (Å²) in [6.07, 6.45) is 2.62. The fraction of sp³-hybridized carbons (Fsp3) is 0.381. The van der Waals surface area contributed by atoms with Crippen LogP contribution in [0.2, 0.25) is 5.02 Å². The zero-order valence-corrected chi connectivity index (χ0v) is 18.1. The molecule has 7 heteroatoms. The van der Waals surface area contributed by atoms with Crippen LogP contribution >= 0.6 is 11.6 Å². The highest BCUT2D eigenvalue weighted by atomic mass is 35.5. The van der Waals surface area contributed by atoms with Crippen LogP contribution in [0.4, 0.5) is 5.69 Å². The lowest BCUT2D eigenvalue weighted by atomic mass is 10.0. The summed E-state index contributed by atoms with van der Waals surface area (Å²) in [7, 11) is -3.45. The Morgan fingerprint density at radius 1 is 1.11 bits per heavy atom. The summed E-state index contributed by atoms with van der Waals surface area (Å²) in [5.41, 5.74) is 2.78. The Labute approximate surface area is 172 Å². The van der Waals surface area contributed by atoms with Crippen LogP contribution in [-0.4, -0.2) is 27.1 Å². The maximum atomic E-state index is 12.4. The molecular weight excluding hydrogens is 396 g/mol. The number of amides is 1. The average molecular weight is 423 g/mol. The van der Waals surface area contributed by atoms with Crippen molar-refractivity contribution in [3.8, 4) is 0 Å². The summed E-state index contributed by atoms with van der Waals surface area (Å²) >= 11 is 5.88. The van der Waals surface area contributed by atoms with Crippen molar-refractivity contribution in [2.45, 2.75) is 39.2 Å². The Bertz CT molecular complexity index is 881. The van der Waals surface area contributed by atoms with Crippen molar-refractivity contribution in [3.63, 3.8) is 0 Å². The number of nitrogens with zero attached hydrogens (tertiary/aromatic N) is 1. The van der Waals surface area contributed by atoms with Gasteiger partial charge in [-0.05, 0) is 49.6 Å². The van der Waals surface area contributed by atoms with Gasteiger partial charge in [0.05, 0.1) is 18.0 Å². The summed E-state index contributed by atoms with van der Waals surface area (Å²) < 4.78 is 25.5. The Balaban J connectivity index is 1.94. The number of carbonyl (C=O) groups is 1. The third-order valence-electron chi connectivity index (χ3n) is 4.50. The van der Waals surface area contributed by atoms with Gasteiger partial charge in [0, 0.05) is 18.0 Å². The van der Waals surface area contributed by atoms with Gasteiger partial charge in [0.1, 0.15) is 0 Å². The number of benzene rings is 2. The van der Waals surface area contributed by atoms with Crippen LogP contribution in [0.1, 0.15) is 43.4 Å². The third kappa shape index (κ3) is 6.53. The quantitative estimate of drug-likeness (QED) is 0.648. The summed E-state index contributed by atoms with van der Waals surface area (Å²) in [6.45, 7) is 4.28. The lowest BCUT2D eigenvalue weighted by molar-refractivity contribution is -0.121. The van der Waals surface area contributed by atoms with Gasteiger partial charge in [0.2, 0.25) is 15.9 Å². The highest BCUT2D eigenvalue weighted by Crippen LogP contribution is 2.21. The predicted octanol–water partition coefficient (Wildman–Crippen LogP) is 4.46. The zero-order chi connectivity index (χ0) is 20.7. The fourth-order valence-electron chi connectivity index (χ4n) is 2.96. The number of anilines is 1. The molecule has 0 aliphatic carbocycles. The summed E-state index contributed by atoms with van der Waals surface area (Å²) in [6, 6.07) is 14.7. The number of hydrogen-bond acceptors (Lipinski definition) is 3. The van der Waals surface area contributed by atoms with E-state index in [4.69, 9.17) is 11.6 Å². The number of aryl methyl sites for hydroxylation is 1. The van der Waals surface area contributed by atoms with Gasteiger partial charge in [-0.25, -0.2) is 8.42 Å². The molecule has 0 saturated heterocycles. The molecule has 1 N–H and O–H groups in total. The predicted molar refractivity (Wildman–Crippen MR) is 115 cm³/mol. The highest BCUT2D eigenvalue weighted by molar-refractivity contribution is 7.92. The van der Waals surface area contributed by atoms with E-state index in [9.17, 15) is 13.2 Å². The Morgan fingerprint density at radius 3 is 2.25 bits per heavy atom. The van der Waals surface area contributed by atoms with E-state index in [-0.39, 0.29) is 24.9 Å². The second kappa shape index (κ2) is 9.94. The normalized spacial score (nSPS) is 12.4. The van der Waals surface area contributed by atoms with Crippen molar-refractivity contribution in [1.29, 1.82) is 0 Å². The van der Waals surface area contributed by atoms with Crippen molar-refractivity contribution in [2.75, 3.05) is 17.1 Å². The van der Waals surface area contributed by atoms with Crippen LogP contribution in [0.25, 0.3) is 0 Å². The van der Waals surface area contributed by atoms with E-state index in [0.29, 0.717) is 17.1 Å². The zero-order valence-electron chi connectivity index (χ0n) is 16.5. The van der Waals surface area contributed by atoms with Crippen LogP contribution in [0.5, 0.6) is 0 Å². The molecule has 0 saturated carbocycles. The van der Waals surface area contributed by atoms with E-state index in [1.54, 1.807) is 24.3 Å². The number of halogens is 1. The molecule has 1 amide bonds. The first-order valence-corrected chi connectivity index (χ1v) is 11.5. The van der Waals surface area contributed by atoms with Crippen LogP contribution in [0.15, 0.2) is 48.5 Å². The SMILES string of the molecule is CC[C@H](NC(=O)CCCN(c1ccc(Cl)cc1)S(C)(=O)=O)c1ccc(C)cc1. The van der Waals surface area contributed by atoms with Crippen LogP contribution in [-0.2, 0) is 14.8 Å². The van der Waals surface area contributed by atoms with E-state index < -0.39 is 10.0 Å². The highest BCUT2D eigenvalue weighted by Gasteiger charge is 2.18. The molecule has 0 aromatic heterocycles. The van der Waals surface area contributed by atoms with Crippen molar-refractivity contribution < 1.29 is 13.2 Å². The van der Waals surface area contributed by atoms with Gasteiger partial charge in [-0.3, -0.25) is 9.10 Å². The van der Waals surface area contributed by atoms with Crippen molar-refractivity contribution in [2.24, 2.45) is 0 Å². The maximum absolute atomic E-state index is 12.4. The van der Waals surface area contributed by atoms with Crippen LogP contribution in [0.3, 0.4) is 0 Å². The van der Waals surface area contributed by atoms with E-state index in [0.717, 1.165) is 18.2 Å². The van der Waals surface area contributed by atoms with Gasteiger partial charge in [0.15, 0.2) is 0 Å². The van der Waals surface area contributed by atoms with E-state index >= 15 is 0 Å². The molecule has 0 heterocycles. The molecule has 0 aliphatic rings. The standard InChI is InChI=1S/C21H27ClN2O3S/c1-4-20(17-9-7-16(2)8-10-17)23-21(25)6-5-15-24(28(3,26)27)19-13-11-18(22)12-14-19/h7-14,20H,4-6,15H2,1-3H3,(H,23,25)/t20-/m0/s1. The van der Waals surface area contributed by atoms with Gasteiger partial charge < -0.3 is 5.32 Å². The second-order valence-electron chi connectivity index (χ2n) is 6.85. The summed E-state index contributed by atoms with van der Waals surface area (Å²) in [5.74, 6) is -0.0861. The Hall–Kier alpha value is -2.05.